The van der Waals surface area contributed by atoms with Crippen molar-refractivity contribution in [1.82, 2.24) is 25.3 Å². The molecule has 0 aliphatic heterocycles. The molecule has 7 nitrogen and oxygen atoms in total. The average molecular weight is 433 g/mol. The number of aromatic nitrogens is 4. The molecule has 0 saturated heterocycles. The topological polar surface area (TPSA) is 92.8 Å². The number of halogens is 1. The van der Waals surface area contributed by atoms with Gasteiger partial charge in [-0.3, -0.25) is 4.79 Å². The van der Waals surface area contributed by atoms with Crippen molar-refractivity contribution in [2.75, 3.05) is 13.2 Å². The van der Waals surface area contributed by atoms with E-state index in [4.69, 9.17) is 9.72 Å². The third kappa shape index (κ3) is 5.08. The molecule has 0 saturated carbocycles. The molecule has 0 radical (unpaired) electrons. The first-order valence-corrected chi connectivity index (χ1v) is 10.6. The number of nitrogens with zero attached hydrogens (tertiary/aromatic N) is 3. The molecule has 2 N–H and O–H groups in total. The van der Waals surface area contributed by atoms with Gasteiger partial charge in [-0.2, -0.15) is 0 Å². The first-order chi connectivity index (χ1) is 15.6. The Labute approximate surface area is 185 Å². The Kier molecular flexibility index (Phi) is 6.69. The van der Waals surface area contributed by atoms with Crippen molar-refractivity contribution in [3.8, 4) is 17.1 Å². The Morgan fingerprint density at radius 1 is 1.12 bits per heavy atom. The van der Waals surface area contributed by atoms with Gasteiger partial charge in [0.25, 0.3) is 5.91 Å². The molecule has 0 fully saturated rings. The van der Waals surface area contributed by atoms with Crippen LogP contribution in [0.1, 0.15) is 35.9 Å². The number of benzene rings is 2. The zero-order chi connectivity index (χ0) is 22.3. The molecule has 8 heteroatoms. The standard InChI is InChI=1S/C24H24FN5O2/c1-2-14-32-24-22(16-5-8-18(25)9-6-16)29-20-15-17(7-10-19(20)30-24)23(31)28-11-3-4-21-26-12-13-27-21/h5-10,12-13,15H,2-4,11,14H2,1H3,(H,26,27)(H,28,31). The molecule has 0 bridgehead atoms. The number of carbonyl (C=O) groups is 1. The van der Waals surface area contributed by atoms with Crippen LogP contribution in [0.2, 0.25) is 0 Å². The second-order valence-electron chi connectivity index (χ2n) is 7.33. The third-order valence-electron chi connectivity index (χ3n) is 4.89. The summed E-state index contributed by atoms with van der Waals surface area (Å²) in [5, 5.41) is 2.92. The van der Waals surface area contributed by atoms with Gasteiger partial charge in [0.2, 0.25) is 5.88 Å². The van der Waals surface area contributed by atoms with Gasteiger partial charge in [-0.25, -0.2) is 19.3 Å². The van der Waals surface area contributed by atoms with Gasteiger partial charge in [0.15, 0.2) is 0 Å². The lowest BCUT2D eigenvalue weighted by molar-refractivity contribution is 0.0953. The molecule has 2 aromatic carbocycles. The molecule has 0 aliphatic rings. The highest BCUT2D eigenvalue weighted by atomic mass is 19.1. The van der Waals surface area contributed by atoms with Crippen LogP contribution in [0.3, 0.4) is 0 Å². The maximum Gasteiger partial charge on any atom is 0.251 e. The Bertz CT molecular complexity index is 1190. The van der Waals surface area contributed by atoms with Crippen molar-refractivity contribution in [3.05, 3.63) is 72.1 Å². The number of H-pyrrole nitrogens is 1. The maximum atomic E-state index is 13.4. The van der Waals surface area contributed by atoms with Crippen LogP contribution in [-0.2, 0) is 6.42 Å². The molecule has 0 aliphatic carbocycles. The molecule has 2 aromatic heterocycles. The molecule has 2 heterocycles. The minimum absolute atomic E-state index is 0.178. The highest BCUT2D eigenvalue weighted by Gasteiger charge is 2.15. The van der Waals surface area contributed by atoms with Crippen molar-refractivity contribution < 1.29 is 13.9 Å². The van der Waals surface area contributed by atoms with E-state index >= 15 is 0 Å². The summed E-state index contributed by atoms with van der Waals surface area (Å²) in [4.78, 5) is 29.1. The predicted octanol–water partition coefficient (Wildman–Crippen LogP) is 4.31. The number of carbonyl (C=O) groups excluding carboxylic acids is 1. The molecule has 0 spiro atoms. The van der Waals surface area contributed by atoms with Crippen LogP contribution in [0, 0.1) is 5.82 Å². The zero-order valence-corrected chi connectivity index (χ0v) is 17.8. The summed E-state index contributed by atoms with van der Waals surface area (Å²) < 4.78 is 19.2. The molecule has 0 unspecified atom stereocenters. The number of hydrogen-bond donors (Lipinski definition) is 2. The quantitative estimate of drug-likeness (QED) is 0.384. The second kappa shape index (κ2) is 10.00. The number of rotatable bonds is 9. The van der Waals surface area contributed by atoms with Gasteiger partial charge < -0.3 is 15.0 Å². The minimum atomic E-state index is -0.329. The Balaban J connectivity index is 1.55. The summed E-state index contributed by atoms with van der Waals surface area (Å²) in [5.74, 6) is 0.781. The lowest BCUT2D eigenvalue weighted by Crippen LogP contribution is -2.24. The Morgan fingerprint density at radius 2 is 1.97 bits per heavy atom. The van der Waals surface area contributed by atoms with Crippen molar-refractivity contribution in [2.24, 2.45) is 0 Å². The summed E-state index contributed by atoms with van der Waals surface area (Å²) >= 11 is 0. The van der Waals surface area contributed by atoms with Crippen molar-refractivity contribution in [2.45, 2.75) is 26.2 Å². The summed E-state index contributed by atoms with van der Waals surface area (Å²) in [6.45, 7) is 3.03. The number of fused-ring (bicyclic) bond motifs is 1. The Morgan fingerprint density at radius 3 is 2.72 bits per heavy atom. The number of amides is 1. The molecular formula is C24H24FN5O2. The van der Waals surface area contributed by atoms with E-state index in [1.807, 2.05) is 6.92 Å². The lowest BCUT2D eigenvalue weighted by atomic mass is 10.1. The van der Waals surface area contributed by atoms with Gasteiger partial charge >= 0.3 is 0 Å². The predicted molar refractivity (Wildman–Crippen MR) is 120 cm³/mol. The van der Waals surface area contributed by atoms with Gasteiger partial charge in [-0.05, 0) is 55.3 Å². The van der Waals surface area contributed by atoms with Crippen LogP contribution in [0.25, 0.3) is 22.3 Å². The fourth-order valence-corrected chi connectivity index (χ4v) is 3.27. The van der Waals surface area contributed by atoms with Crippen molar-refractivity contribution >= 4 is 16.9 Å². The van der Waals surface area contributed by atoms with E-state index in [0.717, 1.165) is 25.1 Å². The summed E-state index contributed by atoms with van der Waals surface area (Å²) in [5.41, 5.74) is 2.89. The highest BCUT2D eigenvalue weighted by Crippen LogP contribution is 2.29. The third-order valence-corrected chi connectivity index (χ3v) is 4.89. The smallest absolute Gasteiger partial charge is 0.251 e. The molecule has 4 rings (SSSR count). The monoisotopic (exact) mass is 433 g/mol. The number of aryl methyl sites for hydroxylation is 1. The Hall–Kier alpha value is -3.81. The van der Waals surface area contributed by atoms with Gasteiger partial charge in [0.05, 0.1) is 17.6 Å². The second-order valence-corrected chi connectivity index (χ2v) is 7.33. The summed E-state index contributed by atoms with van der Waals surface area (Å²) in [6.07, 6.45) is 5.85. The molecule has 0 atom stereocenters. The fraction of sp³-hybridized carbons (Fsp3) is 0.250. The van der Waals surface area contributed by atoms with E-state index in [1.165, 1.54) is 12.1 Å². The van der Waals surface area contributed by atoms with Crippen LogP contribution in [-0.4, -0.2) is 39.0 Å². The molecular weight excluding hydrogens is 409 g/mol. The molecule has 1 amide bonds. The first-order valence-electron chi connectivity index (χ1n) is 10.6. The van der Waals surface area contributed by atoms with E-state index in [1.54, 1.807) is 42.7 Å². The average Bonchev–Trinajstić information content (AvgIpc) is 3.33. The van der Waals surface area contributed by atoms with Gasteiger partial charge in [-0.1, -0.05) is 6.92 Å². The number of ether oxygens (including phenoxy) is 1. The largest absolute Gasteiger partial charge is 0.476 e. The van der Waals surface area contributed by atoms with Crippen LogP contribution >= 0.6 is 0 Å². The van der Waals surface area contributed by atoms with Crippen LogP contribution < -0.4 is 10.1 Å². The molecule has 4 aromatic rings. The van der Waals surface area contributed by atoms with E-state index < -0.39 is 0 Å². The summed E-state index contributed by atoms with van der Waals surface area (Å²) in [6, 6.07) is 11.2. The van der Waals surface area contributed by atoms with Gasteiger partial charge in [0, 0.05) is 36.5 Å². The number of imidazole rings is 1. The number of nitrogens with one attached hydrogen (secondary N) is 2. The SMILES string of the molecule is CCCOc1nc2ccc(C(=O)NCCCc3ncc[nH]3)cc2nc1-c1ccc(F)cc1. The van der Waals surface area contributed by atoms with E-state index in [9.17, 15) is 9.18 Å². The van der Waals surface area contributed by atoms with Crippen molar-refractivity contribution in [3.63, 3.8) is 0 Å². The zero-order valence-electron chi connectivity index (χ0n) is 17.8. The van der Waals surface area contributed by atoms with E-state index in [-0.39, 0.29) is 11.7 Å². The molecule has 164 valence electrons. The van der Waals surface area contributed by atoms with Gasteiger partial charge in [-0.15, -0.1) is 0 Å². The van der Waals surface area contributed by atoms with Crippen molar-refractivity contribution in [1.29, 1.82) is 0 Å². The van der Waals surface area contributed by atoms with Crippen LogP contribution in [0.5, 0.6) is 5.88 Å². The maximum absolute atomic E-state index is 13.4. The first kappa shape index (κ1) is 21.4. The van der Waals surface area contributed by atoms with E-state index in [0.29, 0.717) is 46.9 Å². The normalized spacial score (nSPS) is 10.9. The van der Waals surface area contributed by atoms with Gasteiger partial charge in [0.1, 0.15) is 17.3 Å². The highest BCUT2D eigenvalue weighted by molar-refractivity contribution is 5.97. The fourth-order valence-electron chi connectivity index (χ4n) is 3.27. The van der Waals surface area contributed by atoms with E-state index in [2.05, 4.69) is 20.3 Å². The lowest BCUT2D eigenvalue weighted by Gasteiger charge is -2.12. The van der Waals surface area contributed by atoms with Crippen LogP contribution in [0.15, 0.2) is 54.9 Å². The van der Waals surface area contributed by atoms with Crippen LogP contribution in [0.4, 0.5) is 4.39 Å². The summed E-state index contributed by atoms with van der Waals surface area (Å²) in [7, 11) is 0. The number of hydrogen-bond acceptors (Lipinski definition) is 5. The number of aromatic amines is 1. The molecule has 32 heavy (non-hydrogen) atoms. The minimum Gasteiger partial charge on any atom is -0.476 e.